The number of rotatable bonds is 3. The predicted molar refractivity (Wildman–Crippen MR) is 104 cm³/mol. The third kappa shape index (κ3) is 8.42. The minimum absolute atomic E-state index is 0. The molecule has 0 bridgehead atoms. The second-order valence-corrected chi connectivity index (χ2v) is 8.09. The molecular weight excluding hydrogens is 409 g/mol. The van der Waals surface area contributed by atoms with Crippen molar-refractivity contribution in [3.05, 3.63) is 35.2 Å². The van der Waals surface area contributed by atoms with Crippen LogP contribution in [-0.4, -0.2) is 14.8 Å². The van der Waals surface area contributed by atoms with E-state index in [0.29, 0.717) is 16.0 Å². The van der Waals surface area contributed by atoms with Crippen LogP contribution in [0, 0.1) is 6.92 Å². The Morgan fingerprint density at radius 1 is 1.04 bits per heavy atom. The van der Waals surface area contributed by atoms with E-state index < -0.39 is 15.4 Å². The first kappa shape index (κ1) is 27.0. The fourth-order valence-electron chi connectivity index (χ4n) is 1.70. The molecule has 0 aliphatic carbocycles. The Morgan fingerprint density at radius 3 is 1.85 bits per heavy atom. The molecule has 9 heteroatoms. The smallest absolute Gasteiger partial charge is 0.406 e. The summed E-state index contributed by atoms with van der Waals surface area (Å²) in [6, 6.07) is 6.55. The van der Waals surface area contributed by atoms with Crippen LogP contribution in [0.3, 0.4) is 0 Å². The number of benzene rings is 1. The maximum atomic E-state index is 12.1. The summed E-state index contributed by atoms with van der Waals surface area (Å²) in [7, 11) is 1.44. The fourth-order valence-corrected chi connectivity index (χ4v) is 3.91. The lowest BCUT2D eigenvalue weighted by Gasteiger charge is -2.09. The van der Waals surface area contributed by atoms with Crippen LogP contribution in [0.25, 0.3) is 11.1 Å². The van der Waals surface area contributed by atoms with Gasteiger partial charge < -0.3 is 4.74 Å². The molecule has 2 rings (SSSR count). The van der Waals surface area contributed by atoms with Crippen LogP contribution >= 0.6 is 22.0 Å². The summed E-state index contributed by atoms with van der Waals surface area (Å²) in [5.41, 5.74) is 1.17. The molecular formula is C17H24ClF3O3S2. The molecule has 0 amide bonds. The van der Waals surface area contributed by atoms with Crippen LogP contribution in [0.2, 0.25) is 0 Å². The average Bonchev–Trinajstić information content (AvgIpc) is 2.93. The Kier molecular flexibility index (Phi) is 11.9. The van der Waals surface area contributed by atoms with Crippen LogP contribution in [-0.2, 0) is 9.05 Å². The zero-order valence-electron chi connectivity index (χ0n) is 14.4. The van der Waals surface area contributed by atoms with E-state index in [2.05, 4.69) is 4.74 Å². The van der Waals surface area contributed by atoms with Crippen molar-refractivity contribution in [3.8, 4) is 16.9 Å². The van der Waals surface area contributed by atoms with Crippen molar-refractivity contribution in [2.45, 2.75) is 52.6 Å². The normalized spacial score (nSPS) is 10.5. The monoisotopic (exact) mass is 432 g/mol. The lowest BCUT2D eigenvalue weighted by molar-refractivity contribution is -0.274. The average molecular weight is 433 g/mol. The van der Waals surface area contributed by atoms with Crippen molar-refractivity contribution in [2.24, 2.45) is 0 Å². The molecule has 0 atom stereocenters. The van der Waals surface area contributed by atoms with E-state index >= 15 is 0 Å². The van der Waals surface area contributed by atoms with Crippen molar-refractivity contribution >= 4 is 31.1 Å². The van der Waals surface area contributed by atoms with Gasteiger partial charge in [-0.3, -0.25) is 0 Å². The van der Waals surface area contributed by atoms with Crippen molar-refractivity contribution < 1.29 is 26.3 Å². The van der Waals surface area contributed by atoms with Gasteiger partial charge in [0, 0.05) is 15.6 Å². The highest BCUT2D eigenvalue weighted by atomic mass is 35.7. The first-order chi connectivity index (χ1) is 11.6. The van der Waals surface area contributed by atoms with Gasteiger partial charge >= 0.3 is 6.36 Å². The van der Waals surface area contributed by atoms with Gasteiger partial charge in [0.15, 0.2) is 0 Å². The van der Waals surface area contributed by atoms with Gasteiger partial charge in [0.25, 0.3) is 9.05 Å². The first-order valence-corrected chi connectivity index (χ1v) is 10.6. The zero-order valence-corrected chi connectivity index (χ0v) is 16.8. The van der Waals surface area contributed by atoms with E-state index in [9.17, 15) is 21.6 Å². The lowest BCUT2D eigenvalue weighted by Crippen LogP contribution is -2.16. The Bertz CT molecular complexity index is 753. The summed E-state index contributed by atoms with van der Waals surface area (Å²) in [4.78, 5) is 0.693. The highest BCUT2D eigenvalue weighted by molar-refractivity contribution is 8.15. The van der Waals surface area contributed by atoms with Gasteiger partial charge in [0.2, 0.25) is 0 Å². The molecule has 1 heterocycles. The number of ether oxygens (including phenoxy) is 1. The minimum Gasteiger partial charge on any atom is -0.406 e. The van der Waals surface area contributed by atoms with Crippen molar-refractivity contribution in [3.63, 3.8) is 0 Å². The molecule has 3 nitrogen and oxygen atoms in total. The molecule has 0 spiro atoms. The Morgan fingerprint density at radius 2 is 1.50 bits per heavy atom. The number of hydrogen-bond donors (Lipinski definition) is 0. The molecule has 0 radical (unpaired) electrons. The molecule has 0 N–H and O–H groups in total. The molecule has 0 unspecified atom stereocenters. The fraction of sp³-hybridized carbons (Fsp3) is 0.412. The van der Waals surface area contributed by atoms with E-state index in [-0.39, 0.29) is 17.4 Å². The van der Waals surface area contributed by atoms with Gasteiger partial charge in [-0.1, -0.05) is 47.3 Å². The molecule has 26 heavy (non-hydrogen) atoms. The zero-order chi connectivity index (χ0) is 19.8. The van der Waals surface area contributed by atoms with Gasteiger partial charge in [-0.15, -0.1) is 24.5 Å². The van der Waals surface area contributed by atoms with E-state index in [4.69, 9.17) is 10.7 Å². The summed E-state index contributed by atoms with van der Waals surface area (Å²) in [5.74, 6) is -0.343. The highest BCUT2D eigenvalue weighted by Gasteiger charge is 2.31. The van der Waals surface area contributed by atoms with Crippen molar-refractivity contribution in [1.29, 1.82) is 0 Å². The third-order valence-corrected chi connectivity index (χ3v) is 5.66. The molecule has 150 valence electrons. The van der Waals surface area contributed by atoms with Gasteiger partial charge in [0.1, 0.15) is 9.96 Å². The Balaban J connectivity index is 0. The van der Waals surface area contributed by atoms with E-state index in [1.807, 2.05) is 27.7 Å². The maximum absolute atomic E-state index is 12.1. The van der Waals surface area contributed by atoms with Gasteiger partial charge in [-0.2, -0.15) is 0 Å². The minimum atomic E-state index is -4.75. The number of aryl methyl sites for hydroxylation is 1. The molecule has 0 saturated carbocycles. The van der Waals surface area contributed by atoms with Crippen LogP contribution in [0.15, 0.2) is 34.5 Å². The SMILES string of the molecule is C.CC.CC.Cc1sc(S(=O)(=O)Cl)cc1-c1ccc(OC(F)(F)F)cc1. The highest BCUT2D eigenvalue weighted by Crippen LogP contribution is 2.35. The summed E-state index contributed by atoms with van der Waals surface area (Å²) in [6.07, 6.45) is -4.75. The number of halogens is 4. The summed E-state index contributed by atoms with van der Waals surface area (Å²) >= 11 is 0.999. The maximum Gasteiger partial charge on any atom is 0.573 e. The standard InChI is InChI=1S/C12H8ClF3O3S2.2C2H6.CH4/c1-7-10(6-11(20-7)21(13,17)18)8-2-4-9(5-3-8)19-12(14,15)16;2*1-2;/h2-6H,1H3;2*1-2H3;1H4. The quantitative estimate of drug-likeness (QED) is 0.480. The molecule has 1 aromatic carbocycles. The largest absolute Gasteiger partial charge is 0.573 e. The van der Waals surface area contributed by atoms with Crippen LogP contribution in [0.4, 0.5) is 13.2 Å². The molecule has 1 aromatic heterocycles. The number of alkyl halides is 3. The summed E-state index contributed by atoms with van der Waals surface area (Å²) in [5, 5.41) is 0. The van der Waals surface area contributed by atoms with Crippen molar-refractivity contribution in [2.75, 3.05) is 0 Å². The first-order valence-electron chi connectivity index (χ1n) is 7.47. The van der Waals surface area contributed by atoms with Crippen LogP contribution in [0.5, 0.6) is 5.75 Å². The molecule has 0 fully saturated rings. The third-order valence-electron chi connectivity index (χ3n) is 2.53. The number of hydrogen-bond acceptors (Lipinski definition) is 4. The second kappa shape index (κ2) is 11.5. The molecule has 0 aliphatic rings. The molecule has 0 saturated heterocycles. The second-order valence-electron chi connectivity index (χ2n) is 4.05. The van der Waals surface area contributed by atoms with Crippen LogP contribution in [0.1, 0.15) is 40.0 Å². The number of thiophene rings is 1. The van der Waals surface area contributed by atoms with E-state index in [0.717, 1.165) is 23.5 Å². The predicted octanol–water partition coefficient (Wildman–Crippen LogP) is 7.24. The Hall–Kier alpha value is -1.25. The van der Waals surface area contributed by atoms with Gasteiger partial charge in [-0.25, -0.2) is 8.42 Å². The molecule has 2 aromatic rings. The lowest BCUT2D eigenvalue weighted by atomic mass is 10.1. The van der Waals surface area contributed by atoms with E-state index in [1.54, 1.807) is 6.92 Å². The van der Waals surface area contributed by atoms with Crippen molar-refractivity contribution in [1.82, 2.24) is 0 Å². The van der Waals surface area contributed by atoms with Crippen LogP contribution < -0.4 is 4.74 Å². The summed E-state index contributed by atoms with van der Waals surface area (Å²) in [6.45, 7) is 9.70. The van der Waals surface area contributed by atoms with E-state index in [1.165, 1.54) is 18.2 Å². The molecule has 0 aliphatic heterocycles. The Labute approximate surface area is 162 Å². The topological polar surface area (TPSA) is 43.4 Å². The summed E-state index contributed by atoms with van der Waals surface area (Å²) < 4.78 is 62.5. The van der Waals surface area contributed by atoms with Gasteiger partial charge in [0.05, 0.1) is 0 Å². The van der Waals surface area contributed by atoms with Gasteiger partial charge in [-0.05, 0) is 36.2 Å².